The molecular formula is C17H33N3O. The molecule has 1 aliphatic heterocycles. The second-order valence-corrected chi connectivity index (χ2v) is 6.70. The van der Waals surface area contributed by atoms with Crippen LogP contribution in [0.1, 0.15) is 70.6 Å². The van der Waals surface area contributed by atoms with Crippen LogP contribution < -0.4 is 10.6 Å². The summed E-state index contributed by atoms with van der Waals surface area (Å²) >= 11 is 0. The Kier molecular flexibility index (Phi) is 7.94. The first-order chi connectivity index (χ1) is 10.3. The van der Waals surface area contributed by atoms with E-state index in [1.54, 1.807) is 0 Å². The van der Waals surface area contributed by atoms with E-state index < -0.39 is 0 Å². The number of nitrogens with one attached hydrogen (secondary N) is 2. The monoisotopic (exact) mass is 295 g/mol. The van der Waals surface area contributed by atoms with Crippen LogP contribution in [0.15, 0.2) is 0 Å². The van der Waals surface area contributed by atoms with E-state index in [1.807, 2.05) is 0 Å². The largest absolute Gasteiger partial charge is 0.338 e. The molecule has 0 unspecified atom stereocenters. The number of piperidine rings is 1. The van der Waals surface area contributed by atoms with E-state index >= 15 is 0 Å². The molecule has 1 heterocycles. The third-order valence-corrected chi connectivity index (χ3v) is 4.83. The van der Waals surface area contributed by atoms with Crippen molar-refractivity contribution in [1.29, 1.82) is 0 Å². The van der Waals surface area contributed by atoms with Crippen molar-refractivity contribution in [2.45, 2.75) is 76.7 Å². The lowest BCUT2D eigenvalue weighted by Crippen LogP contribution is -2.43. The van der Waals surface area contributed by atoms with Crippen molar-refractivity contribution < 1.29 is 4.79 Å². The highest BCUT2D eigenvalue weighted by molar-refractivity contribution is 5.74. The molecule has 2 fully saturated rings. The fraction of sp³-hybridized carbons (Fsp3) is 0.941. The molecule has 0 radical (unpaired) electrons. The highest BCUT2D eigenvalue weighted by atomic mass is 16.2. The van der Waals surface area contributed by atoms with Gasteiger partial charge in [0, 0.05) is 12.6 Å². The van der Waals surface area contributed by atoms with E-state index in [0.717, 1.165) is 32.4 Å². The maximum absolute atomic E-state index is 11.9. The number of likely N-dealkylation sites (tertiary alicyclic amines) is 1. The van der Waals surface area contributed by atoms with Gasteiger partial charge in [0.15, 0.2) is 0 Å². The van der Waals surface area contributed by atoms with Crippen molar-refractivity contribution in [1.82, 2.24) is 15.5 Å². The van der Waals surface area contributed by atoms with Crippen molar-refractivity contribution in [2.24, 2.45) is 0 Å². The number of hydrogen-bond donors (Lipinski definition) is 2. The smallest absolute Gasteiger partial charge is 0.315 e. The Hall–Kier alpha value is -0.770. The molecule has 2 amide bonds. The van der Waals surface area contributed by atoms with E-state index in [4.69, 9.17) is 0 Å². The van der Waals surface area contributed by atoms with Crippen LogP contribution in [0.4, 0.5) is 4.79 Å². The van der Waals surface area contributed by atoms with Gasteiger partial charge in [0.25, 0.3) is 0 Å². The summed E-state index contributed by atoms with van der Waals surface area (Å²) < 4.78 is 0. The van der Waals surface area contributed by atoms with Gasteiger partial charge in [-0.3, -0.25) is 0 Å². The van der Waals surface area contributed by atoms with Gasteiger partial charge in [0.05, 0.1) is 0 Å². The van der Waals surface area contributed by atoms with Gasteiger partial charge < -0.3 is 15.5 Å². The Morgan fingerprint density at radius 3 is 2.24 bits per heavy atom. The lowest BCUT2D eigenvalue weighted by Gasteiger charge is -2.26. The maximum atomic E-state index is 11.9. The van der Waals surface area contributed by atoms with Crippen LogP contribution in [0.5, 0.6) is 0 Å². The number of amides is 2. The van der Waals surface area contributed by atoms with Crippen LogP contribution in [0.2, 0.25) is 0 Å². The molecule has 0 spiro atoms. The Labute approximate surface area is 130 Å². The molecule has 0 aromatic carbocycles. The summed E-state index contributed by atoms with van der Waals surface area (Å²) in [7, 11) is 0. The fourth-order valence-corrected chi connectivity index (χ4v) is 3.52. The van der Waals surface area contributed by atoms with Gasteiger partial charge >= 0.3 is 6.03 Å². The molecule has 1 aliphatic carbocycles. The molecule has 4 heteroatoms. The first-order valence-corrected chi connectivity index (χ1v) is 9.11. The molecule has 2 rings (SSSR count). The Morgan fingerprint density at radius 1 is 0.905 bits per heavy atom. The summed E-state index contributed by atoms with van der Waals surface area (Å²) in [6, 6.07) is 0.437. The predicted octanol–water partition coefficient (Wildman–Crippen LogP) is 3.27. The Bertz CT molecular complexity index is 282. The lowest BCUT2D eigenvalue weighted by atomic mass is 9.97. The third-order valence-electron chi connectivity index (χ3n) is 4.83. The normalized spacial score (nSPS) is 22.3. The molecule has 1 saturated carbocycles. The van der Waals surface area contributed by atoms with Crippen molar-refractivity contribution in [2.75, 3.05) is 26.2 Å². The summed E-state index contributed by atoms with van der Waals surface area (Å²) in [6.07, 6.45) is 14.0. The standard InChI is InChI=1S/C17H33N3O/c21-17(19-16-10-5-2-1-3-6-11-16)18-12-9-15-20-13-7-4-8-14-20/h16H,1-15H2,(H2,18,19,21). The minimum Gasteiger partial charge on any atom is -0.338 e. The molecular weight excluding hydrogens is 262 g/mol. The molecule has 0 aromatic rings. The number of rotatable bonds is 5. The molecule has 0 atom stereocenters. The topological polar surface area (TPSA) is 44.4 Å². The van der Waals surface area contributed by atoms with Gasteiger partial charge in [-0.15, -0.1) is 0 Å². The van der Waals surface area contributed by atoms with Crippen LogP contribution >= 0.6 is 0 Å². The van der Waals surface area contributed by atoms with Gasteiger partial charge in [0.2, 0.25) is 0 Å². The van der Waals surface area contributed by atoms with E-state index in [2.05, 4.69) is 15.5 Å². The van der Waals surface area contributed by atoms with Crippen molar-refractivity contribution in [3.63, 3.8) is 0 Å². The van der Waals surface area contributed by atoms with Gasteiger partial charge in [-0.25, -0.2) is 4.79 Å². The van der Waals surface area contributed by atoms with Crippen LogP contribution in [0, 0.1) is 0 Å². The van der Waals surface area contributed by atoms with Crippen LogP contribution in [-0.2, 0) is 0 Å². The summed E-state index contributed by atoms with van der Waals surface area (Å²) in [6.45, 7) is 4.42. The highest BCUT2D eigenvalue weighted by Gasteiger charge is 2.14. The van der Waals surface area contributed by atoms with Gasteiger partial charge in [-0.05, 0) is 51.7 Å². The second kappa shape index (κ2) is 10.0. The summed E-state index contributed by atoms with van der Waals surface area (Å²) in [5.74, 6) is 0. The highest BCUT2D eigenvalue weighted by Crippen LogP contribution is 2.16. The number of nitrogens with zero attached hydrogens (tertiary/aromatic N) is 1. The molecule has 0 bridgehead atoms. The lowest BCUT2D eigenvalue weighted by molar-refractivity contribution is 0.220. The number of urea groups is 1. The first kappa shape index (κ1) is 16.6. The van der Waals surface area contributed by atoms with Crippen LogP contribution in [0.25, 0.3) is 0 Å². The zero-order valence-electron chi connectivity index (χ0n) is 13.5. The molecule has 1 saturated heterocycles. The number of hydrogen-bond acceptors (Lipinski definition) is 2. The van der Waals surface area contributed by atoms with Gasteiger partial charge in [-0.1, -0.05) is 38.5 Å². The molecule has 4 nitrogen and oxygen atoms in total. The minimum atomic E-state index is 0.0409. The minimum absolute atomic E-state index is 0.0409. The number of carbonyl (C=O) groups is 1. The summed E-state index contributed by atoms with van der Waals surface area (Å²) in [4.78, 5) is 14.5. The zero-order chi connectivity index (χ0) is 14.8. The fourth-order valence-electron chi connectivity index (χ4n) is 3.52. The molecule has 2 N–H and O–H groups in total. The molecule has 0 aromatic heterocycles. The van der Waals surface area contributed by atoms with Crippen LogP contribution in [0.3, 0.4) is 0 Å². The van der Waals surface area contributed by atoms with Crippen molar-refractivity contribution >= 4 is 6.03 Å². The van der Waals surface area contributed by atoms with Gasteiger partial charge in [0.1, 0.15) is 0 Å². The predicted molar refractivity (Wildman–Crippen MR) is 87.5 cm³/mol. The van der Waals surface area contributed by atoms with Gasteiger partial charge in [-0.2, -0.15) is 0 Å². The first-order valence-electron chi connectivity index (χ1n) is 9.11. The van der Waals surface area contributed by atoms with Crippen LogP contribution in [-0.4, -0.2) is 43.2 Å². The zero-order valence-corrected chi connectivity index (χ0v) is 13.5. The van der Waals surface area contributed by atoms with E-state index in [9.17, 15) is 4.79 Å². The van der Waals surface area contributed by atoms with E-state index in [-0.39, 0.29) is 6.03 Å². The van der Waals surface area contributed by atoms with Crippen molar-refractivity contribution in [3.05, 3.63) is 0 Å². The summed E-state index contributed by atoms with van der Waals surface area (Å²) in [5.41, 5.74) is 0. The Balaban J connectivity index is 1.52. The van der Waals surface area contributed by atoms with E-state index in [0.29, 0.717) is 6.04 Å². The maximum Gasteiger partial charge on any atom is 0.315 e. The molecule has 2 aliphatic rings. The molecule has 122 valence electrons. The van der Waals surface area contributed by atoms with Crippen molar-refractivity contribution in [3.8, 4) is 0 Å². The average molecular weight is 295 g/mol. The second-order valence-electron chi connectivity index (χ2n) is 6.70. The average Bonchev–Trinajstić information content (AvgIpc) is 2.47. The third kappa shape index (κ3) is 7.16. The quantitative estimate of drug-likeness (QED) is 0.765. The number of carbonyl (C=O) groups excluding carboxylic acids is 1. The molecule has 21 heavy (non-hydrogen) atoms. The Morgan fingerprint density at radius 2 is 1.52 bits per heavy atom. The SMILES string of the molecule is O=C(NCCCN1CCCCC1)NC1CCCCCCC1. The van der Waals surface area contributed by atoms with E-state index in [1.165, 1.54) is 64.5 Å². The summed E-state index contributed by atoms with van der Waals surface area (Å²) in [5, 5.41) is 6.19.